The minimum Gasteiger partial charge on any atom is -0.494 e. The standard InChI is InChI=1S/C15H21NO5S/c1-3-21-13-4-6-14(7-5-13)22(18,19)12(2)15(17)16-8-10-20-11-9-16/h4-7,12H,3,8-11H2,1-2H3/t12-/m1/s1. The van der Waals surface area contributed by atoms with Crippen LogP contribution in [-0.4, -0.2) is 57.4 Å². The van der Waals surface area contributed by atoms with E-state index in [1.807, 2.05) is 6.92 Å². The van der Waals surface area contributed by atoms with Crippen LogP contribution in [0.4, 0.5) is 0 Å². The molecule has 0 saturated carbocycles. The van der Waals surface area contributed by atoms with E-state index in [-0.39, 0.29) is 10.8 Å². The van der Waals surface area contributed by atoms with Gasteiger partial charge in [0, 0.05) is 13.1 Å². The van der Waals surface area contributed by atoms with Gasteiger partial charge in [0.15, 0.2) is 9.84 Å². The Labute approximate surface area is 130 Å². The number of amides is 1. The topological polar surface area (TPSA) is 72.9 Å². The van der Waals surface area contributed by atoms with Crippen molar-refractivity contribution in [3.63, 3.8) is 0 Å². The molecule has 1 aromatic carbocycles. The molecule has 1 heterocycles. The molecule has 1 aliphatic rings. The number of rotatable bonds is 5. The summed E-state index contributed by atoms with van der Waals surface area (Å²) >= 11 is 0. The Bertz CT molecular complexity index is 605. The zero-order valence-corrected chi connectivity index (χ0v) is 13.6. The number of hydrogen-bond donors (Lipinski definition) is 0. The van der Waals surface area contributed by atoms with Gasteiger partial charge in [-0.25, -0.2) is 8.42 Å². The predicted octanol–water partition coefficient (Wildman–Crippen LogP) is 1.11. The molecule has 0 aliphatic carbocycles. The van der Waals surface area contributed by atoms with Gasteiger partial charge in [-0.1, -0.05) is 0 Å². The quantitative estimate of drug-likeness (QED) is 0.810. The molecule has 0 unspecified atom stereocenters. The average molecular weight is 327 g/mol. The highest BCUT2D eigenvalue weighted by atomic mass is 32.2. The first-order valence-electron chi connectivity index (χ1n) is 7.30. The highest BCUT2D eigenvalue weighted by molar-refractivity contribution is 7.92. The summed E-state index contributed by atoms with van der Waals surface area (Å²) in [5.74, 6) is 0.228. The van der Waals surface area contributed by atoms with E-state index < -0.39 is 15.1 Å². The number of carbonyl (C=O) groups is 1. The first kappa shape index (κ1) is 16.8. The van der Waals surface area contributed by atoms with E-state index in [0.29, 0.717) is 38.7 Å². The van der Waals surface area contributed by atoms with Crippen LogP contribution in [-0.2, 0) is 19.4 Å². The van der Waals surface area contributed by atoms with Crippen LogP contribution in [0.2, 0.25) is 0 Å². The van der Waals surface area contributed by atoms with Crippen LogP contribution in [0.15, 0.2) is 29.2 Å². The van der Waals surface area contributed by atoms with Crippen molar-refractivity contribution in [2.75, 3.05) is 32.9 Å². The molecule has 1 amide bonds. The first-order valence-corrected chi connectivity index (χ1v) is 8.84. The highest BCUT2D eigenvalue weighted by Gasteiger charge is 2.33. The van der Waals surface area contributed by atoms with Gasteiger partial charge in [-0.2, -0.15) is 0 Å². The monoisotopic (exact) mass is 327 g/mol. The lowest BCUT2D eigenvalue weighted by atomic mass is 10.3. The third-order valence-electron chi connectivity index (χ3n) is 3.60. The van der Waals surface area contributed by atoms with E-state index in [0.717, 1.165) is 0 Å². The molecule has 1 atom stereocenters. The summed E-state index contributed by atoms with van der Waals surface area (Å²) in [5.41, 5.74) is 0. The van der Waals surface area contributed by atoms with Crippen molar-refractivity contribution >= 4 is 15.7 Å². The van der Waals surface area contributed by atoms with Crippen molar-refractivity contribution in [1.29, 1.82) is 0 Å². The lowest BCUT2D eigenvalue weighted by Gasteiger charge is -2.29. The molecular weight excluding hydrogens is 306 g/mol. The molecule has 1 fully saturated rings. The fourth-order valence-electron chi connectivity index (χ4n) is 2.27. The Balaban J connectivity index is 2.15. The summed E-state index contributed by atoms with van der Waals surface area (Å²) in [6, 6.07) is 6.15. The van der Waals surface area contributed by atoms with Crippen molar-refractivity contribution in [1.82, 2.24) is 4.90 Å². The van der Waals surface area contributed by atoms with E-state index in [2.05, 4.69) is 0 Å². The Morgan fingerprint density at radius 2 is 1.86 bits per heavy atom. The van der Waals surface area contributed by atoms with Gasteiger partial charge >= 0.3 is 0 Å². The Morgan fingerprint density at radius 3 is 2.41 bits per heavy atom. The Morgan fingerprint density at radius 1 is 1.27 bits per heavy atom. The van der Waals surface area contributed by atoms with E-state index in [4.69, 9.17) is 9.47 Å². The fraction of sp³-hybridized carbons (Fsp3) is 0.533. The molecule has 2 rings (SSSR count). The summed E-state index contributed by atoms with van der Waals surface area (Å²) in [4.78, 5) is 14.0. The van der Waals surface area contributed by atoms with Gasteiger partial charge in [0.1, 0.15) is 11.0 Å². The van der Waals surface area contributed by atoms with E-state index >= 15 is 0 Å². The van der Waals surface area contributed by atoms with Crippen LogP contribution in [0.5, 0.6) is 5.75 Å². The smallest absolute Gasteiger partial charge is 0.241 e. The summed E-state index contributed by atoms with van der Waals surface area (Å²) in [6.45, 7) is 5.56. The molecule has 1 saturated heterocycles. The number of morpholine rings is 1. The van der Waals surface area contributed by atoms with E-state index in [1.54, 1.807) is 17.0 Å². The minimum absolute atomic E-state index is 0.130. The van der Waals surface area contributed by atoms with Gasteiger partial charge in [0.2, 0.25) is 5.91 Å². The number of hydrogen-bond acceptors (Lipinski definition) is 5. The maximum Gasteiger partial charge on any atom is 0.241 e. The summed E-state index contributed by atoms with van der Waals surface area (Å²) in [7, 11) is -3.71. The van der Waals surface area contributed by atoms with Crippen molar-refractivity contribution in [3.05, 3.63) is 24.3 Å². The molecule has 0 bridgehead atoms. The lowest BCUT2D eigenvalue weighted by Crippen LogP contribution is -2.47. The molecule has 1 aromatic rings. The van der Waals surface area contributed by atoms with Gasteiger partial charge in [-0.05, 0) is 38.1 Å². The predicted molar refractivity (Wildman–Crippen MR) is 81.7 cm³/mol. The molecule has 22 heavy (non-hydrogen) atoms. The molecule has 0 aromatic heterocycles. The summed E-state index contributed by atoms with van der Waals surface area (Å²) < 4.78 is 35.6. The van der Waals surface area contributed by atoms with E-state index in [9.17, 15) is 13.2 Å². The molecule has 1 aliphatic heterocycles. The van der Waals surface area contributed by atoms with Crippen LogP contribution >= 0.6 is 0 Å². The zero-order chi connectivity index (χ0) is 16.2. The van der Waals surface area contributed by atoms with Crippen molar-refractivity contribution in [2.24, 2.45) is 0 Å². The second-order valence-electron chi connectivity index (χ2n) is 5.03. The van der Waals surface area contributed by atoms with Crippen LogP contribution < -0.4 is 4.74 Å². The molecule has 0 spiro atoms. The molecule has 7 heteroatoms. The molecule has 122 valence electrons. The molecular formula is C15H21NO5S. The first-order chi connectivity index (χ1) is 10.5. The van der Waals surface area contributed by atoms with E-state index in [1.165, 1.54) is 19.1 Å². The van der Waals surface area contributed by atoms with Crippen molar-refractivity contribution < 1.29 is 22.7 Å². The second-order valence-corrected chi connectivity index (χ2v) is 7.30. The number of sulfone groups is 1. The maximum atomic E-state index is 12.6. The van der Waals surface area contributed by atoms with Crippen LogP contribution in [0, 0.1) is 0 Å². The Kier molecular flexibility index (Phi) is 5.42. The average Bonchev–Trinajstić information content (AvgIpc) is 2.55. The molecule has 0 radical (unpaired) electrons. The minimum atomic E-state index is -3.71. The number of nitrogens with zero attached hydrogens (tertiary/aromatic N) is 1. The van der Waals surface area contributed by atoms with Crippen molar-refractivity contribution in [3.8, 4) is 5.75 Å². The normalized spacial score (nSPS) is 17.1. The molecule has 0 N–H and O–H groups in total. The Hall–Kier alpha value is -1.60. The fourth-order valence-corrected chi connectivity index (χ4v) is 3.61. The van der Waals surface area contributed by atoms with Gasteiger partial charge in [-0.15, -0.1) is 0 Å². The van der Waals surface area contributed by atoms with Crippen LogP contribution in [0.25, 0.3) is 0 Å². The molecule has 6 nitrogen and oxygen atoms in total. The third kappa shape index (κ3) is 3.59. The van der Waals surface area contributed by atoms with Gasteiger partial charge in [0.25, 0.3) is 0 Å². The van der Waals surface area contributed by atoms with Gasteiger partial charge in [-0.3, -0.25) is 4.79 Å². The number of ether oxygens (including phenoxy) is 2. The van der Waals surface area contributed by atoms with Gasteiger partial charge < -0.3 is 14.4 Å². The van der Waals surface area contributed by atoms with Crippen molar-refractivity contribution in [2.45, 2.75) is 24.0 Å². The second kappa shape index (κ2) is 7.11. The highest BCUT2D eigenvalue weighted by Crippen LogP contribution is 2.21. The number of benzene rings is 1. The zero-order valence-electron chi connectivity index (χ0n) is 12.8. The SMILES string of the molecule is CCOc1ccc(S(=O)(=O)[C@H](C)C(=O)N2CCOCC2)cc1. The third-order valence-corrected chi connectivity index (χ3v) is 5.66. The van der Waals surface area contributed by atoms with Crippen LogP contribution in [0.3, 0.4) is 0 Å². The number of carbonyl (C=O) groups excluding carboxylic acids is 1. The summed E-state index contributed by atoms with van der Waals surface area (Å²) in [6.07, 6.45) is 0. The maximum absolute atomic E-state index is 12.6. The largest absolute Gasteiger partial charge is 0.494 e. The van der Waals surface area contributed by atoms with Crippen LogP contribution in [0.1, 0.15) is 13.8 Å². The lowest BCUT2D eigenvalue weighted by molar-refractivity contribution is -0.134. The summed E-state index contributed by atoms with van der Waals surface area (Å²) in [5, 5.41) is -1.11. The van der Waals surface area contributed by atoms with Gasteiger partial charge in [0.05, 0.1) is 24.7 Å².